The Balaban J connectivity index is 0.00000353. The summed E-state index contributed by atoms with van der Waals surface area (Å²) in [5.74, 6) is -3.55. The third-order valence-corrected chi connectivity index (χ3v) is 7.57. The number of ether oxygens (including phenoxy) is 3. The fourth-order valence-corrected chi connectivity index (χ4v) is 5.81. The zero-order chi connectivity index (χ0) is 27.5. The number of fused-ring (bicyclic) bond motifs is 3. The molecule has 12 heteroatoms. The molecule has 210 valence electrons. The quantitative estimate of drug-likeness (QED) is 0.283. The minimum atomic E-state index is -2.18. The molecule has 2 aliphatic carbocycles. The zero-order valence-electron chi connectivity index (χ0n) is 21.3. The van der Waals surface area contributed by atoms with Crippen molar-refractivity contribution >= 4 is 29.8 Å². The number of rotatable bonds is 5. The maximum Gasteiger partial charge on any atom is 0.202 e. The molecule has 0 spiro atoms. The van der Waals surface area contributed by atoms with Gasteiger partial charge in [0.25, 0.3) is 0 Å². The molecule has 0 saturated carbocycles. The average molecular weight is 564 g/mol. The molecule has 1 aliphatic heterocycles. The maximum atomic E-state index is 13.6. The van der Waals surface area contributed by atoms with Crippen LogP contribution < -0.4 is 10.5 Å². The van der Waals surface area contributed by atoms with Crippen molar-refractivity contribution in [3.8, 4) is 17.2 Å². The highest BCUT2D eigenvalue weighted by molar-refractivity contribution is 6.31. The Kier molecular flexibility index (Phi) is 7.78. The molecular weight excluding hydrogens is 534 g/mol. The van der Waals surface area contributed by atoms with Gasteiger partial charge in [-0.15, -0.1) is 12.4 Å². The molecule has 0 aromatic heterocycles. The van der Waals surface area contributed by atoms with Gasteiger partial charge in [0.15, 0.2) is 17.9 Å². The van der Waals surface area contributed by atoms with Crippen molar-refractivity contribution < 1.29 is 49.0 Å². The summed E-state index contributed by atoms with van der Waals surface area (Å²) in [6.45, 7) is 0.827. The number of aromatic hydroxyl groups is 2. The summed E-state index contributed by atoms with van der Waals surface area (Å²) in [7, 11) is 1.34. The van der Waals surface area contributed by atoms with E-state index in [1.54, 1.807) is 0 Å². The molecule has 5 atom stereocenters. The molecule has 1 heterocycles. The van der Waals surface area contributed by atoms with Crippen LogP contribution in [0.5, 0.6) is 17.2 Å². The van der Waals surface area contributed by atoms with Crippen molar-refractivity contribution in [3.05, 3.63) is 51.6 Å². The van der Waals surface area contributed by atoms with E-state index < -0.39 is 77.4 Å². The lowest BCUT2D eigenvalue weighted by Crippen LogP contribution is -2.48. The van der Waals surface area contributed by atoms with Gasteiger partial charge in [-0.1, -0.05) is 12.1 Å². The van der Waals surface area contributed by atoms with Crippen LogP contribution in [0.4, 0.5) is 0 Å². The number of phenolic OH excluding ortho intramolecular Hbond substituents is 2. The number of nitrogens with two attached hydrogens (primary N) is 1. The monoisotopic (exact) mass is 563 g/mol. The minimum Gasteiger partial charge on any atom is -0.507 e. The number of aliphatic hydroxyl groups is 2. The van der Waals surface area contributed by atoms with E-state index in [1.165, 1.54) is 25.3 Å². The van der Waals surface area contributed by atoms with Crippen LogP contribution >= 0.6 is 12.4 Å². The second-order valence-electron chi connectivity index (χ2n) is 10.1. The molecule has 39 heavy (non-hydrogen) atoms. The molecule has 0 radical (unpaired) electrons. The summed E-state index contributed by atoms with van der Waals surface area (Å²) in [4.78, 5) is 39.7. The first-order chi connectivity index (χ1) is 18.0. The van der Waals surface area contributed by atoms with Gasteiger partial charge in [0.1, 0.15) is 29.5 Å². The number of phenols is 2. The summed E-state index contributed by atoms with van der Waals surface area (Å²) in [6.07, 6.45) is -2.45. The molecule has 0 amide bonds. The van der Waals surface area contributed by atoms with Crippen molar-refractivity contribution in [1.82, 2.24) is 0 Å². The Morgan fingerprint density at radius 1 is 1.13 bits per heavy atom. The Morgan fingerprint density at radius 2 is 1.82 bits per heavy atom. The lowest BCUT2D eigenvalue weighted by atomic mass is 9.72. The summed E-state index contributed by atoms with van der Waals surface area (Å²) in [5, 5.41) is 43.6. The Hall–Kier alpha value is -3.06. The maximum absolute atomic E-state index is 13.6. The number of aliphatic hydroxyl groups excluding tert-OH is 1. The largest absolute Gasteiger partial charge is 0.507 e. The van der Waals surface area contributed by atoms with Gasteiger partial charge in [-0.3, -0.25) is 14.4 Å². The van der Waals surface area contributed by atoms with Crippen LogP contribution in [0.15, 0.2) is 18.2 Å². The summed E-state index contributed by atoms with van der Waals surface area (Å²) >= 11 is 0. The summed E-state index contributed by atoms with van der Waals surface area (Å²) < 4.78 is 17.2. The standard InChI is InChI=1S/C27H29NO10.ClH/c1-11-6-12(28)7-18(37-11)38-16-9-27(35,17(30)10-29)8-14-20(16)26(34)22-21(24(14)32)23(31)13-4-3-5-15(36-2)19(13)25(22)33;/h3-5,11-12,16,18,29,32,34-35H,6-10,28H2,1-2H3;1H. The van der Waals surface area contributed by atoms with E-state index in [4.69, 9.17) is 19.9 Å². The van der Waals surface area contributed by atoms with Crippen LogP contribution in [-0.2, 0) is 20.7 Å². The lowest BCUT2D eigenvalue weighted by Gasteiger charge is -2.41. The predicted octanol–water partition coefficient (Wildman–Crippen LogP) is 1.45. The number of carbonyl (C=O) groups excluding carboxylic acids is 3. The van der Waals surface area contributed by atoms with Gasteiger partial charge in [0.2, 0.25) is 5.78 Å². The molecule has 2 aromatic rings. The Morgan fingerprint density at radius 3 is 2.46 bits per heavy atom. The number of benzene rings is 2. The zero-order valence-corrected chi connectivity index (χ0v) is 22.1. The van der Waals surface area contributed by atoms with Crippen molar-refractivity contribution in [2.45, 2.75) is 62.7 Å². The number of ketones is 3. The van der Waals surface area contributed by atoms with E-state index in [2.05, 4.69) is 0 Å². The van der Waals surface area contributed by atoms with Crippen LogP contribution in [0.25, 0.3) is 0 Å². The molecular formula is C27H30ClNO10. The first-order valence-electron chi connectivity index (χ1n) is 12.3. The summed E-state index contributed by atoms with van der Waals surface area (Å²) in [5.41, 5.74) is 2.78. The molecule has 0 bridgehead atoms. The molecule has 1 saturated heterocycles. The van der Waals surface area contributed by atoms with Crippen molar-refractivity contribution in [3.63, 3.8) is 0 Å². The molecule has 3 aliphatic rings. The first-order valence-corrected chi connectivity index (χ1v) is 12.3. The average Bonchev–Trinajstić information content (AvgIpc) is 2.87. The van der Waals surface area contributed by atoms with E-state index in [1.807, 2.05) is 6.92 Å². The fourth-order valence-electron chi connectivity index (χ4n) is 5.81. The minimum absolute atomic E-state index is 0. The van der Waals surface area contributed by atoms with E-state index in [0.29, 0.717) is 6.42 Å². The van der Waals surface area contributed by atoms with E-state index in [-0.39, 0.29) is 59.0 Å². The van der Waals surface area contributed by atoms with Crippen molar-refractivity contribution in [2.24, 2.45) is 5.73 Å². The van der Waals surface area contributed by atoms with Crippen LogP contribution in [0, 0.1) is 0 Å². The number of methoxy groups -OCH3 is 1. The number of hydrogen-bond acceptors (Lipinski definition) is 11. The van der Waals surface area contributed by atoms with Crippen molar-refractivity contribution in [1.29, 1.82) is 0 Å². The first kappa shape index (κ1) is 28.9. The Labute approximate surface area is 229 Å². The van der Waals surface area contributed by atoms with Crippen LogP contribution in [0.3, 0.4) is 0 Å². The third-order valence-electron chi connectivity index (χ3n) is 7.57. The summed E-state index contributed by atoms with van der Waals surface area (Å²) in [6, 6.07) is 4.17. The molecule has 11 nitrogen and oxygen atoms in total. The Bertz CT molecular complexity index is 1350. The van der Waals surface area contributed by atoms with Gasteiger partial charge in [0, 0.05) is 42.0 Å². The third kappa shape index (κ3) is 4.58. The van der Waals surface area contributed by atoms with Crippen LogP contribution in [0.1, 0.15) is 75.3 Å². The van der Waals surface area contributed by atoms with Gasteiger partial charge < -0.3 is 40.4 Å². The van der Waals surface area contributed by atoms with E-state index in [0.717, 1.165) is 0 Å². The van der Waals surface area contributed by atoms with E-state index in [9.17, 15) is 34.8 Å². The smallest absolute Gasteiger partial charge is 0.202 e. The van der Waals surface area contributed by atoms with Gasteiger partial charge in [-0.25, -0.2) is 0 Å². The van der Waals surface area contributed by atoms with Crippen LogP contribution in [-0.4, -0.2) is 75.5 Å². The molecule has 2 aromatic carbocycles. The topological polar surface area (TPSA) is 186 Å². The van der Waals surface area contributed by atoms with Crippen molar-refractivity contribution in [2.75, 3.05) is 13.7 Å². The number of Topliss-reactive ketones (excluding diaryl/α,β-unsaturated/α-hetero) is 1. The van der Waals surface area contributed by atoms with Gasteiger partial charge in [0.05, 0.1) is 36.0 Å². The predicted molar refractivity (Wildman–Crippen MR) is 138 cm³/mol. The number of halogens is 1. The normalized spacial score (nSPS) is 27.6. The molecule has 1 fully saturated rings. The fraction of sp³-hybridized carbons (Fsp3) is 0.444. The highest BCUT2D eigenvalue weighted by Gasteiger charge is 2.49. The number of carbonyl (C=O) groups is 3. The number of hydrogen-bond donors (Lipinski definition) is 5. The van der Waals surface area contributed by atoms with Gasteiger partial charge >= 0.3 is 0 Å². The van der Waals surface area contributed by atoms with Gasteiger partial charge in [-0.05, 0) is 19.4 Å². The van der Waals surface area contributed by atoms with Crippen LogP contribution in [0.2, 0.25) is 0 Å². The lowest BCUT2D eigenvalue weighted by molar-refractivity contribution is -0.225. The van der Waals surface area contributed by atoms with Gasteiger partial charge in [-0.2, -0.15) is 0 Å². The van der Waals surface area contributed by atoms with E-state index >= 15 is 0 Å². The highest BCUT2D eigenvalue weighted by atomic mass is 35.5. The molecule has 5 rings (SSSR count). The second-order valence-corrected chi connectivity index (χ2v) is 10.1. The highest BCUT2D eigenvalue weighted by Crippen LogP contribution is 2.52. The SMILES string of the molecule is COc1cccc2c1C(=O)c1c(O)c3c(c(O)c1C2=O)CC(O)(C(=O)CO)CC3OC1CC(N)CC(C)O1.Cl. The molecule has 5 unspecified atom stereocenters. The molecule has 6 N–H and O–H groups in total. The second kappa shape index (κ2) is 10.5.